The van der Waals surface area contributed by atoms with Gasteiger partial charge in [-0.05, 0) is 43.9 Å². The van der Waals surface area contributed by atoms with Crippen LogP contribution >= 0.6 is 11.6 Å². The number of halogens is 1. The zero-order valence-corrected chi connectivity index (χ0v) is 18.5. The molecule has 0 fully saturated rings. The lowest BCUT2D eigenvalue weighted by Crippen LogP contribution is -2.25. The third-order valence-corrected chi connectivity index (χ3v) is 5.06. The first-order valence-corrected chi connectivity index (χ1v) is 10.8. The lowest BCUT2D eigenvalue weighted by molar-refractivity contribution is -0.120. The monoisotopic (exact) mass is 425 g/mol. The molecule has 1 N–H and O–H groups in total. The number of rotatable bonds is 9. The molecule has 2 heterocycles. The van der Waals surface area contributed by atoms with Gasteiger partial charge in [-0.15, -0.1) is 11.6 Å². The highest BCUT2D eigenvalue weighted by Crippen LogP contribution is 2.22. The first-order chi connectivity index (χ1) is 14.5. The molecule has 3 aromatic rings. The highest BCUT2D eigenvalue weighted by molar-refractivity contribution is 6.18. The van der Waals surface area contributed by atoms with Crippen molar-refractivity contribution in [2.45, 2.75) is 46.1 Å². The fourth-order valence-electron chi connectivity index (χ4n) is 3.13. The molecule has 0 unspecified atom stereocenters. The summed E-state index contributed by atoms with van der Waals surface area (Å²) in [4.78, 5) is 20.8. The topological polar surface area (TPSA) is 72.7 Å². The molecular formula is C23H28ClN5O. The van der Waals surface area contributed by atoms with Crippen LogP contribution in [0.5, 0.6) is 0 Å². The third-order valence-electron chi connectivity index (χ3n) is 4.87. The van der Waals surface area contributed by atoms with Gasteiger partial charge in [0, 0.05) is 49.3 Å². The van der Waals surface area contributed by atoms with Gasteiger partial charge in [-0.3, -0.25) is 9.48 Å². The molecule has 0 aliphatic rings. The van der Waals surface area contributed by atoms with Crippen LogP contribution in [-0.4, -0.2) is 38.1 Å². The van der Waals surface area contributed by atoms with Crippen LogP contribution in [0.3, 0.4) is 0 Å². The summed E-state index contributed by atoms with van der Waals surface area (Å²) in [5.74, 6) is 1.13. The molecule has 1 aromatic carbocycles. The van der Waals surface area contributed by atoms with E-state index < -0.39 is 0 Å². The van der Waals surface area contributed by atoms with Crippen LogP contribution in [0.2, 0.25) is 0 Å². The highest BCUT2D eigenvalue weighted by Gasteiger charge is 2.11. The maximum Gasteiger partial charge on any atom is 0.221 e. The largest absolute Gasteiger partial charge is 0.356 e. The van der Waals surface area contributed by atoms with Gasteiger partial charge in [0.15, 0.2) is 0 Å². The molecular weight excluding hydrogens is 398 g/mol. The summed E-state index contributed by atoms with van der Waals surface area (Å²) in [7, 11) is 0. The van der Waals surface area contributed by atoms with E-state index in [4.69, 9.17) is 16.6 Å². The molecule has 0 saturated carbocycles. The molecule has 2 aromatic heterocycles. The predicted molar refractivity (Wildman–Crippen MR) is 120 cm³/mol. The van der Waals surface area contributed by atoms with Crippen molar-refractivity contribution in [3.8, 4) is 11.3 Å². The van der Waals surface area contributed by atoms with E-state index in [2.05, 4.69) is 53.5 Å². The van der Waals surface area contributed by atoms with Crippen molar-refractivity contribution in [1.29, 1.82) is 0 Å². The van der Waals surface area contributed by atoms with E-state index in [1.165, 1.54) is 5.56 Å². The molecule has 0 atom stereocenters. The van der Waals surface area contributed by atoms with Crippen molar-refractivity contribution < 1.29 is 4.79 Å². The summed E-state index contributed by atoms with van der Waals surface area (Å²) < 4.78 is 1.94. The fourth-order valence-corrected chi connectivity index (χ4v) is 3.30. The molecule has 1 amide bonds. The van der Waals surface area contributed by atoms with Gasteiger partial charge >= 0.3 is 0 Å². The van der Waals surface area contributed by atoms with Gasteiger partial charge in [0.05, 0.1) is 11.9 Å². The summed E-state index contributed by atoms with van der Waals surface area (Å²) in [6, 6.07) is 8.67. The van der Waals surface area contributed by atoms with Crippen molar-refractivity contribution in [3.63, 3.8) is 0 Å². The number of carbonyl (C=O) groups excluding carboxylic acids is 1. The number of nitrogens with one attached hydrogen (secondary N) is 1. The van der Waals surface area contributed by atoms with E-state index in [9.17, 15) is 4.79 Å². The second-order valence-electron chi connectivity index (χ2n) is 7.65. The second kappa shape index (κ2) is 10.3. The highest BCUT2D eigenvalue weighted by atomic mass is 35.5. The first kappa shape index (κ1) is 22.0. The smallest absolute Gasteiger partial charge is 0.221 e. The molecule has 0 bridgehead atoms. The van der Waals surface area contributed by atoms with Crippen molar-refractivity contribution in [2.24, 2.45) is 0 Å². The van der Waals surface area contributed by atoms with Crippen LogP contribution in [0.15, 0.2) is 42.9 Å². The van der Waals surface area contributed by atoms with Crippen LogP contribution < -0.4 is 5.32 Å². The molecule has 6 nitrogen and oxygen atoms in total. The summed E-state index contributed by atoms with van der Waals surface area (Å²) in [5.41, 5.74) is 5.30. The average molecular weight is 426 g/mol. The van der Waals surface area contributed by atoms with Gasteiger partial charge in [-0.25, -0.2) is 9.97 Å². The van der Waals surface area contributed by atoms with E-state index >= 15 is 0 Å². The number of hydrogen-bond acceptors (Lipinski definition) is 4. The van der Waals surface area contributed by atoms with Crippen molar-refractivity contribution in [3.05, 3.63) is 65.4 Å². The zero-order chi connectivity index (χ0) is 21.5. The Labute approximate surface area is 182 Å². The van der Waals surface area contributed by atoms with E-state index in [0.29, 0.717) is 31.3 Å². The van der Waals surface area contributed by atoms with Gasteiger partial charge in [-0.2, -0.15) is 5.10 Å². The summed E-state index contributed by atoms with van der Waals surface area (Å²) in [5, 5.41) is 7.30. The lowest BCUT2D eigenvalue weighted by atomic mass is 10.1. The average Bonchev–Trinajstić information content (AvgIpc) is 3.21. The van der Waals surface area contributed by atoms with E-state index in [-0.39, 0.29) is 5.91 Å². The molecule has 158 valence electrons. The van der Waals surface area contributed by atoms with E-state index in [1.54, 1.807) is 0 Å². The van der Waals surface area contributed by atoms with Gasteiger partial charge in [0.25, 0.3) is 0 Å². The number of alkyl halides is 1. The normalized spacial score (nSPS) is 11.1. The predicted octanol–water partition coefficient (Wildman–Crippen LogP) is 4.11. The molecule has 3 rings (SSSR count). The molecule has 0 spiro atoms. The SMILES string of the molecule is Cc1cnc(Cc2ccc(CCNC(=O)CCCl)cc2)nc1-c1cnn(C(C)C)c1. The van der Waals surface area contributed by atoms with E-state index in [0.717, 1.165) is 34.6 Å². The van der Waals surface area contributed by atoms with Gasteiger partial charge in [0.1, 0.15) is 5.82 Å². The van der Waals surface area contributed by atoms with Gasteiger partial charge < -0.3 is 5.32 Å². The van der Waals surface area contributed by atoms with Crippen molar-refractivity contribution in [1.82, 2.24) is 25.1 Å². The number of hydrogen-bond donors (Lipinski definition) is 1. The van der Waals surface area contributed by atoms with Crippen LogP contribution in [0, 0.1) is 6.92 Å². The molecule has 0 saturated heterocycles. The van der Waals surface area contributed by atoms with Crippen molar-refractivity contribution >= 4 is 17.5 Å². The summed E-state index contributed by atoms with van der Waals surface area (Å²) in [6.45, 7) is 6.84. The van der Waals surface area contributed by atoms with Crippen molar-refractivity contribution in [2.75, 3.05) is 12.4 Å². The Morgan fingerprint density at radius 3 is 2.57 bits per heavy atom. The van der Waals surface area contributed by atoms with Crippen LogP contribution in [-0.2, 0) is 17.6 Å². The Morgan fingerprint density at radius 1 is 1.17 bits per heavy atom. The molecule has 30 heavy (non-hydrogen) atoms. The minimum Gasteiger partial charge on any atom is -0.356 e. The zero-order valence-electron chi connectivity index (χ0n) is 17.7. The molecule has 0 radical (unpaired) electrons. The second-order valence-corrected chi connectivity index (χ2v) is 8.03. The quantitative estimate of drug-likeness (QED) is 0.523. The molecule has 7 heteroatoms. The van der Waals surface area contributed by atoms with Gasteiger partial charge in [0.2, 0.25) is 5.91 Å². The Balaban J connectivity index is 1.64. The number of aryl methyl sites for hydroxylation is 1. The number of amides is 1. The minimum absolute atomic E-state index is 0.00659. The first-order valence-electron chi connectivity index (χ1n) is 10.2. The standard InChI is InChI=1S/C23H28ClN5O/c1-16(2)29-15-20(14-27-29)23-17(3)13-26-21(28-23)12-19-6-4-18(5-7-19)9-11-25-22(30)8-10-24/h4-7,13-16H,8-12H2,1-3H3,(H,25,30). The van der Waals surface area contributed by atoms with Crippen LogP contribution in [0.4, 0.5) is 0 Å². The van der Waals surface area contributed by atoms with Gasteiger partial charge in [-0.1, -0.05) is 24.3 Å². The Kier molecular flexibility index (Phi) is 7.57. The molecule has 0 aliphatic heterocycles. The maximum absolute atomic E-state index is 11.5. The number of aromatic nitrogens is 4. The number of nitrogens with zero attached hydrogens (tertiary/aromatic N) is 4. The maximum atomic E-state index is 11.5. The fraction of sp³-hybridized carbons (Fsp3) is 0.391. The van der Waals surface area contributed by atoms with E-state index in [1.807, 2.05) is 30.2 Å². The van der Waals surface area contributed by atoms with Crippen LogP contribution in [0.25, 0.3) is 11.3 Å². The number of benzene rings is 1. The third kappa shape index (κ3) is 5.89. The molecule has 0 aliphatic carbocycles. The Morgan fingerprint density at radius 2 is 1.90 bits per heavy atom. The Hall–Kier alpha value is -2.73. The van der Waals surface area contributed by atoms with Crippen LogP contribution in [0.1, 0.15) is 48.8 Å². The summed E-state index contributed by atoms with van der Waals surface area (Å²) >= 11 is 5.57. The lowest BCUT2D eigenvalue weighted by Gasteiger charge is -2.08. The minimum atomic E-state index is -0.00659. The number of carbonyl (C=O) groups is 1. The summed E-state index contributed by atoms with van der Waals surface area (Å²) in [6.07, 6.45) is 7.58. The Bertz CT molecular complexity index is 982.